The number of rotatable bonds is 14. The third-order valence-corrected chi connectivity index (χ3v) is 5.88. The second-order valence-electron chi connectivity index (χ2n) is 7.84. The van der Waals surface area contributed by atoms with Crippen molar-refractivity contribution in [1.82, 2.24) is 10.6 Å². The van der Waals surface area contributed by atoms with Crippen molar-refractivity contribution in [3.8, 4) is 0 Å². The summed E-state index contributed by atoms with van der Waals surface area (Å²) >= 11 is 0. The van der Waals surface area contributed by atoms with E-state index in [0.29, 0.717) is 36.4 Å². The van der Waals surface area contributed by atoms with Crippen LogP contribution in [-0.2, 0) is 14.9 Å². The maximum Gasteiger partial charge on any atom is 0.294 e. The summed E-state index contributed by atoms with van der Waals surface area (Å²) < 4.78 is 31.1. The molecule has 9 nitrogen and oxygen atoms in total. The minimum atomic E-state index is -4.24. The summed E-state index contributed by atoms with van der Waals surface area (Å²) in [6.45, 7) is 3.35. The molecule has 2 aromatic carbocycles. The van der Waals surface area contributed by atoms with Gasteiger partial charge in [0.2, 0.25) is 5.91 Å². The third-order valence-electron chi connectivity index (χ3n) is 5.01. The topological polar surface area (TPSA) is 137 Å². The van der Waals surface area contributed by atoms with Gasteiger partial charge in [-0.3, -0.25) is 14.1 Å². The number of hydrogen-bond donors (Lipinski definition) is 3. The lowest BCUT2D eigenvalue weighted by molar-refractivity contribution is -0.121. The molecule has 10 heteroatoms. The molecule has 0 radical (unpaired) electrons. The molecule has 0 aliphatic rings. The maximum atomic E-state index is 12.3. The minimum Gasteiger partial charge on any atom is -0.356 e. The Morgan fingerprint density at radius 1 is 0.794 bits per heavy atom. The Kier molecular flexibility index (Phi) is 11.3. The van der Waals surface area contributed by atoms with E-state index in [4.69, 9.17) is 4.55 Å². The molecule has 2 amide bonds. The van der Waals surface area contributed by atoms with Crippen LogP contribution in [0, 0.1) is 0 Å². The largest absolute Gasteiger partial charge is 0.356 e. The first-order valence-electron chi connectivity index (χ1n) is 11.4. The molecule has 0 aliphatic heterocycles. The van der Waals surface area contributed by atoms with Crippen molar-refractivity contribution >= 4 is 33.3 Å². The van der Waals surface area contributed by atoms with E-state index >= 15 is 0 Å². The number of nitrogens with zero attached hydrogens (tertiary/aromatic N) is 2. The lowest BCUT2D eigenvalue weighted by Crippen LogP contribution is -2.25. The molecule has 0 aliphatic carbocycles. The summed E-state index contributed by atoms with van der Waals surface area (Å²) in [6, 6.07) is 12.0. The van der Waals surface area contributed by atoms with Crippen LogP contribution >= 0.6 is 0 Å². The molecule has 0 heterocycles. The highest BCUT2D eigenvalue weighted by molar-refractivity contribution is 7.85. The van der Waals surface area contributed by atoms with Crippen molar-refractivity contribution in [2.45, 2.75) is 56.8 Å². The first kappa shape index (κ1) is 27.1. The van der Waals surface area contributed by atoms with Crippen LogP contribution in [0.2, 0.25) is 0 Å². The molecule has 34 heavy (non-hydrogen) atoms. The molecule has 3 N–H and O–H groups in total. The molecule has 0 bridgehead atoms. The van der Waals surface area contributed by atoms with Crippen molar-refractivity contribution in [3.05, 3.63) is 54.1 Å². The average Bonchev–Trinajstić information content (AvgIpc) is 2.83. The molecule has 0 fully saturated rings. The number of azo groups is 1. The van der Waals surface area contributed by atoms with Gasteiger partial charge in [-0.1, -0.05) is 26.2 Å². The monoisotopic (exact) mass is 488 g/mol. The van der Waals surface area contributed by atoms with E-state index in [9.17, 15) is 18.0 Å². The van der Waals surface area contributed by atoms with Gasteiger partial charge in [0.1, 0.15) is 0 Å². The van der Waals surface area contributed by atoms with Crippen LogP contribution < -0.4 is 10.6 Å². The van der Waals surface area contributed by atoms with E-state index in [1.165, 1.54) is 24.3 Å². The predicted octanol–water partition coefficient (Wildman–Crippen LogP) is 4.95. The van der Waals surface area contributed by atoms with Gasteiger partial charge in [0.05, 0.1) is 16.3 Å². The van der Waals surface area contributed by atoms with Gasteiger partial charge in [-0.2, -0.15) is 18.6 Å². The van der Waals surface area contributed by atoms with Crippen LogP contribution in [-0.4, -0.2) is 37.9 Å². The van der Waals surface area contributed by atoms with Gasteiger partial charge >= 0.3 is 0 Å². The molecule has 0 saturated carbocycles. The van der Waals surface area contributed by atoms with E-state index in [0.717, 1.165) is 38.5 Å². The van der Waals surface area contributed by atoms with Crippen molar-refractivity contribution in [2.75, 3.05) is 13.1 Å². The Bertz CT molecular complexity index is 1050. The molecule has 0 atom stereocenters. The van der Waals surface area contributed by atoms with E-state index < -0.39 is 10.1 Å². The Labute approximate surface area is 200 Å². The van der Waals surface area contributed by atoms with Gasteiger partial charge in [-0.15, -0.1) is 0 Å². The van der Waals surface area contributed by atoms with Gasteiger partial charge in [0, 0.05) is 25.1 Å². The van der Waals surface area contributed by atoms with Gasteiger partial charge in [-0.05, 0) is 67.8 Å². The molecule has 0 aromatic heterocycles. The van der Waals surface area contributed by atoms with Crippen LogP contribution in [0.4, 0.5) is 11.4 Å². The summed E-state index contributed by atoms with van der Waals surface area (Å²) in [6.07, 6.45) is 6.34. The lowest BCUT2D eigenvalue weighted by Gasteiger charge is -2.06. The van der Waals surface area contributed by atoms with Crippen molar-refractivity contribution < 1.29 is 22.6 Å². The van der Waals surface area contributed by atoms with E-state index in [1.54, 1.807) is 24.3 Å². The van der Waals surface area contributed by atoms with Crippen LogP contribution in [0.1, 0.15) is 62.2 Å². The smallest absolute Gasteiger partial charge is 0.294 e. The van der Waals surface area contributed by atoms with Gasteiger partial charge in [0.25, 0.3) is 16.0 Å². The molecule has 0 unspecified atom stereocenters. The number of benzene rings is 2. The quantitative estimate of drug-likeness (QED) is 0.196. The average molecular weight is 489 g/mol. The van der Waals surface area contributed by atoms with E-state index in [2.05, 4.69) is 27.8 Å². The number of nitrogens with one attached hydrogen (secondary N) is 2. The predicted molar refractivity (Wildman–Crippen MR) is 130 cm³/mol. The fourth-order valence-electron chi connectivity index (χ4n) is 3.04. The zero-order valence-electron chi connectivity index (χ0n) is 19.4. The summed E-state index contributed by atoms with van der Waals surface area (Å²) in [5, 5.41) is 13.9. The second kappa shape index (κ2) is 14.2. The maximum absolute atomic E-state index is 12.3. The zero-order valence-corrected chi connectivity index (χ0v) is 20.2. The van der Waals surface area contributed by atoms with Gasteiger partial charge in [0.15, 0.2) is 0 Å². The Morgan fingerprint density at radius 3 is 1.85 bits per heavy atom. The fourth-order valence-corrected chi connectivity index (χ4v) is 3.52. The molecule has 2 rings (SSSR count). The first-order valence-corrected chi connectivity index (χ1v) is 12.9. The normalized spacial score (nSPS) is 11.5. The van der Waals surface area contributed by atoms with Gasteiger partial charge in [-0.25, -0.2) is 0 Å². The highest BCUT2D eigenvalue weighted by Gasteiger charge is 2.08. The highest BCUT2D eigenvalue weighted by atomic mass is 32.2. The summed E-state index contributed by atoms with van der Waals surface area (Å²) in [5.74, 6) is -0.0385. The van der Waals surface area contributed by atoms with Crippen molar-refractivity contribution in [3.63, 3.8) is 0 Å². The number of amides is 2. The molecule has 2 aromatic rings. The number of carbonyl (C=O) groups is 2. The summed E-state index contributed by atoms with van der Waals surface area (Å²) in [7, 11) is -4.24. The fraction of sp³-hybridized carbons (Fsp3) is 0.417. The molecular formula is C24H32N4O5S. The minimum absolute atomic E-state index is 0.121. The third kappa shape index (κ3) is 10.2. The van der Waals surface area contributed by atoms with Crippen molar-refractivity contribution in [1.29, 1.82) is 0 Å². The number of unbranched alkanes of at least 4 members (excludes halogenated alkanes) is 4. The van der Waals surface area contributed by atoms with Crippen LogP contribution in [0.25, 0.3) is 0 Å². The van der Waals surface area contributed by atoms with Crippen LogP contribution in [0.15, 0.2) is 63.7 Å². The zero-order chi connectivity index (χ0) is 24.8. The van der Waals surface area contributed by atoms with Gasteiger partial charge < -0.3 is 10.6 Å². The summed E-state index contributed by atoms with van der Waals surface area (Å²) in [4.78, 5) is 23.6. The SMILES string of the molecule is CCCCC(=O)NCCCCCCNC(=O)c1ccc(/N=N/c2ccc(S(=O)(=O)O)cc2)cc1. The van der Waals surface area contributed by atoms with Crippen molar-refractivity contribution in [2.24, 2.45) is 10.2 Å². The standard InChI is InChI=1S/C24H32N4O5S/c1-2-3-8-23(29)25-17-6-4-5-7-18-26-24(30)19-9-11-20(12-10-19)27-28-21-13-15-22(16-14-21)34(31,32)33/h9-16H,2-8,17-18H2,1H3,(H,25,29)(H,26,30)(H,31,32,33)/b28-27+. The van der Waals surface area contributed by atoms with Crippen LogP contribution in [0.5, 0.6) is 0 Å². The first-order chi connectivity index (χ1) is 16.3. The van der Waals surface area contributed by atoms with Crippen LogP contribution in [0.3, 0.4) is 0 Å². The Hall–Kier alpha value is -3.11. The molecular weight excluding hydrogens is 456 g/mol. The Morgan fingerprint density at radius 2 is 1.32 bits per heavy atom. The lowest BCUT2D eigenvalue weighted by atomic mass is 10.1. The number of hydrogen-bond acceptors (Lipinski definition) is 6. The molecule has 0 spiro atoms. The van der Waals surface area contributed by atoms with E-state index in [1.807, 2.05) is 0 Å². The highest BCUT2D eigenvalue weighted by Crippen LogP contribution is 2.20. The molecule has 0 saturated heterocycles. The summed E-state index contributed by atoms with van der Waals surface area (Å²) in [5.41, 5.74) is 1.48. The molecule has 184 valence electrons. The number of carbonyl (C=O) groups excluding carboxylic acids is 2. The van der Waals surface area contributed by atoms with E-state index in [-0.39, 0.29) is 16.7 Å². The second-order valence-corrected chi connectivity index (χ2v) is 9.26. The Balaban J connectivity index is 1.66.